The molecular weight excluding hydrogens is 608 g/mol. The van der Waals surface area contributed by atoms with Crippen LogP contribution in [0.3, 0.4) is 0 Å². The smallest absolute Gasteiger partial charge is 0.331 e. The van der Waals surface area contributed by atoms with Gasteiger partial charge in [-0.25, -0.2) is 9.59 Å². The molecule has 2 aliphatic carbocycles. The first-order valence-corrected chi connectivity index (χ1v) is 15.0. The number of rotatable bonds is 8. The van der Waals surface area contributed by atoms with Gasteiger partial charge in [-0.3, -0.25) is 0 Å². The van der Waals surface area contributed by atoms with Crippen molar-refractivity contribution in [1.82, 2.24) is 0 Å². The van der Waals surface area contributed by atoms with Crippen molar-refractivity contribution < 1.29 is 38.0 Å². The number of allylic oxidation sites excluding steroid dienone is 4. The number of methoxy groups -OCH3 is 6. The Labute approximate surface area is 280 Å². The molecule has 8 nitrogen and oxygen atoms in total. The summed E-state index contributed by atoms with van der Waals surface area (Å²) in [4.78, 5) is 23.6. The normalized spacial score (nSPS) is 14.1. The van der Waals surface area contributed by atoms with E-state index in [1.807, 2.05) is 84.9 Å². The third-order valence-electron chi connectivity index (χ3n) is 8.00. The molecule has 0 spiro atoms. The van der Waals surface area contributed by atoms with E-state index in [9.17, 15) is 9.59 Å². The highest BCUT2D eigenvalue weighted by Crippen LogP contribution is 2.44. The second-order valence-electron chi connectivity index (χ2n) is 10.6. The van der Waals surface area contributed by atoms with Gasteiger partial charge in [0.15, 0.2) is 23.0 Å². The molecule has 0 atom stereocenters. The van der Waals surface area contributed by atoms with Crippen LogP contribution >= 0.6 is 0 Å². The first-order chi connectivity index (χ1) is 23.3. The molecule has 0 radical (unpaired) electrons. The molecule has 48 heavy (non-hydrogen) atoms. The predicted molar refractivity (Wildman–Crippen MR) is 188 cm³/mol. The Morgan fingerprint density at radius 1 is 0.479 bits per heavy atom. The Balaban J connectivity index is 0.000000188. The van der Waals surface area contributed by atoms with E-state index in [0.29, 0.717) is 23.0 Å². The Morgan fingerprint density at radius 2 is 0.854 bits per heavy atom. The van der Waals surface area contributed by atoms with Gasteiger partial charge in [0.2, 0.25) is 0 Å². The Bertz CT molecular complexity index is 1840. The van der Waals surface area contributed by atoms with Crippen LogP contribution in [-0.2, 0) is 19.1 Å². The highest BCUT2D eigenvalue weighted by molar-refractivity contribution is 6.21. The number of carbonyl (C=O) groups excluding carboxylic acids is 2. The first-order valence-electron chi connectivity index (χ1n) is 15.0. The van der Waals surface area contributed by atoms with Gasteiger partial charge in [-0.15, -0.1) is 0 Å². The summed E-state index contributed by atoms with van der Waals surface area (Å²) < 4.78 is 31.0. The van der Waals surface area contributed by atoms with Crippen LogP contribution in [0.4, 0.5) is 0 Å². The zero-order valence-electron chi connectivity index (χ0n) is 27.7. The van der Waals surface area contributed by atoms with Gasteiger partial charge >= 0.3 is 11.9 Å². The molecule has 0 amide bonds. The van der Waals surface area contributed by atoms with Crippen LogP contribution < -0.4 is 18.9 Å². The zero-order chi connectivity index (χ0) is 34.2. The maximum atomic E-state index is 11.8. The van der Waals surface area contributed by atoms with Gasteiger partial charge in [-0.2, -0.15) is 0 Å². The molecule has 0 aliphatic heterocycles. The molecule has 0 saturated carbocycles. The molecule has 244 valence electrons. The van der Waals surface area contributed by atoms with Crippen molar-refractivity contribution in [2.75, 3.05) is 42.7 Å². The zero-order valence-corrected chi connectivity index (χ0v) is 27.7. The summed E-state index contributed by atoms with van der Waals surface area (Å²) in [6, 6.07) is 27.3. The number of hydrogen-bond acceptors (Lipinski definition) is 8. The van der Waals surface area contributed by atoms with Crippen molar-refractivity contribution in [3.8, 4) is 23.0 Å². The number of hydrogen-bond donors (Lipinski definition) is 0. The summed E-state index contributed by atoms with van der Waals surface area (Å²) in [5.41, 5.74) is 9.60. The number of ether oxygens (including phenoxy) is 6. The lowest BCUT2D eigenvalue weighted by molar-refractivity contribution is -0.135. The third kappa shape index (κ3) is 6.88. The second-order valence-corrected chi connectivity index (χ2v) is 10.6. The first kappa shape index (κ1) is 33.3. The molecule has 4 aromatic carbocycles. The minimum Gasteiger partial charge on any atom is -0.493 e. The van der Waals surface area contributed by atoms with Crippen molar-refractivity contribution in [2.45, 2.75) is 0 Å². The van der Waals surface area contributed by atoms with Gasteiger partial charge in [0.25, 0.3) is 0 Å². The van der Waals surface area contributed by atoms with Crippen molar-refractivity contribution in [3.63, 3.8) is 0 Å². The summed E-state index contributed by atoms with van der Waals surface area (Å²) in [6.07, 6.45) is 7.17. The fraction of sp³-hybridized carbons (Fsp3) is 0.150. The molecule has 0 fully saturated rings. The molecule has 0 saturated heterocycles. The minimum atomic E-state index is -0.381. The van der Waals surface area contributed by atoms with Crippen molar-refractivity contribution in [1.29, 1.82) is 0 Å². The third-order valence-corrected chi connectivity index (χ3v) is 8.00. The summed E-state index contributed by atoms with van der Waals surface area (Å²) in [6.45, 7) is 0. The summed E-state index contributed by atoms with van der Waals surface area (Å²) in [5, 5.41) is 0. The summed E-state index contributed by atoms with van der Waals surface area (Å²) in [5.74, 6) is 1.85. The molecule has 0 N–H and O–H groups in total. The van der Waals surface area contributed by atoms with Crippen molar-refractivity contribution in [3.05, 3.63) is 130 Å². The van der Waals surface area contributed by atoms with E-state index in [1.165, 1.54) is 26.4 Å². The number of fused-ring (bicyclic) bond motifs is 2. The Kier molecular flexibility index (Phi) is 10.5. The van der Waals surface area contributed by atoms with Crippen LogP contribution in [0.1, 0.15) is 33.4 Å². The van der Waals surface area contributed by atoms with Gasteiger partial charge < -0.3 is 28.4 Å². The fourth-order valence-electron chi connectivity index (χ4n) is 5.64. The number of benzene rings is 4. The van der Waals surface area contributed by atoms with E-state index in [0.717, 1.165) is 55.7 Å². The van der Waals surface area contributed by atoms with Crippen LogP contribution in [0.25, 0.3) is 34.4 Å². The number of carbonyl (C=O) groups is 2. The standard InChI is InChI=1S/2C20H18O4/c2*1-22-18-9-8-14(11-19(18)23-2)16-10-13-6-4-5-7-15(13)17(16)12-20(21)24-3/h2*4-12H,1-3H3/b2*17-12-. The Morgan fingerprint density at radius 3 is 1.21 bits per heavy atom. The van der Waals surface area contributed by atoms with Gasteiger partial charge in [-0.1, -0.05) is 60.7 Å². The average Bonchev–Trinajstić information content (AvgIpc) is 3.69. The van der Waals surface area contributed by atoms with E-state index in [-0.39, 0.29) is 11.9 Å². The molecule has 8 heteroatoms. The monoisotopic (exact) mass is 644 g/mol. The lowest BCUT2D eigenvalue weighted by Crippen LogP contribution is -1.98. The van der Waals surface area contributed by atoms with E-state index < -0.39 is 0 Å². The van der Waals surface area contributed by atoms with Gasteiger partial charge in [0.1, 0.15) is 0 Å². The maximum absolute atomic E-state index is 11.8. The topological polar surface area (TPSA) is 89.5 Å². The molecule has 6 rings (SSSR count). The van der Waals surface area contributed by atoms with E-state index in [4.69, 9.17) is 28.4 Å². The average molecular weight is 645 g/mol. The van der Waals surface area contributed by atoms with Crippen LogP contribution in [0.15, 0.2) is 97.1 Å². The van der Waals surface area contributed by atoms with E-state index >= 15 is 0 Å². The summed E-state index contributed by atoms with van der Waals surface area (Å²) >= 11 is 0. The van der Waals surface area contributed by atoms with E-state index in [1.54, 1.807) is 28.4 Å². The molecule has 0 heterocycles. The van der Waals surface area contributed by atoms with Gasteiger partial charge in [0, 0.05) is 12.2 Å². The lowest BCUT2D eigenvalue weighted by atomic mass is 9.97. The molecule has 2 aliphatic rings. The van der Waals surface area contributed by atoms with Crippen LogP contribution in [0.5, 0.6) is 23.0 Å². The largest absolute Gasteiger partial charge is 0.493 e. The number of esters is 2. The van der Waals surface area contributed by atoms with Crippen molar-refractivity contribution in [2.24, 2.45) is 0 Å². The minimum absolute atomic E-state index is 0.381. The molecule has 4 aromatic rings. The second kappa shape index (κ2) is 15.0. The van der Waals surface area contributed by atoms with Crippen LogP contribution in [0.2, 0.25) is 0 Å². The van der Waals surface area contributed by atoms with Gasteiger partial charge in [0.05, 0.1) is 42.7 Å². The predicted octanol–water partition coefficient (Wildman–Crippen LogP) is 7.63. The molecular formula is C40H36O8. The quantitative estimate of drug-likeness (QED) is 0.143. The lowest BCUT2D eigenvalue weighted by Gasteiger charge is -2.12. The fourth-order valence-corrected chi connectivity index (χ4v) is 5.64. The highest BCUT2D eigenvalue weighted by atomic mass is 16.5. The van der Waals surface area contributed by atoms with Crippen LogP contribution in [-0.4, -0.2) is 54.6 Å². The van der Waals surface area contributed by atoms with Gasteiger partial charge in [-0.05, 0) is 92.1 Å². The molecule has 0 aromatic heterocycles. The molecule has 0 bridgehead atoms. The SMILES string of the molecule is COC(=O)/C=C1\C(c2ccc(OC)c(OC)c2)=Cc2ccccc21.COC(=O)/C=C1\C(c2ccc(OC)c(OC)c2)=Cc2ccccc21. The molecule has 0 unspecified atom stereocenters. The van der Waals surface area contributed by atoms with Crippen molar-refractivity contribution >= 4 is 46.4 Å². The summed E-state index contributed by atoms with van der Waals surface area (Å²) in [7, 11) is 9.16. The van der Waals surface area contributed by atoms with E-state index in [2.05, 4.69) is 12.2 Å². The van der Waals surface area contributed by atoms with Crippen LogP contribution in [0, 0.1) is 0 Å². The highest BCUT2D eigenvalue weighted by Gasteiger charge is 2.23. The Hall–Kier alpha value is -6.02. The maximum Gasteiger partial charge on any atom is 0.331 e.